The third kappa shape index (κ3) is 5.00. The second-order valence-electron chi connectivity index (χ2n) is 6.97. The molecular weight excluding hydrogens is 366 g/mol. The number of hydrogen-bond donors (Lipinski definition) is 1. The summed E-state index contributed by atoms with van der Waals surface area (Å²) in [7, 11) is 0. The first-order valence-corrected chi connectivity index (χ1v) is 10.5. The maximum atomic E-state index is 5.85. The topological polar surface area (TPSA) is 51.4 Å². The quantitative estimate of drug-likeness (QED) is 0.676. The molecule has 144 valence electrons. The Morgan fingerprint density at radius 1 is 1.04 bits per heavy atom. The first kappa shape index (κ1) is 18.7. The zero-order valence-electron chi connectivity index (χ0n) is 15.9. The Morgan fingerprint density at radius 3 is 2.64 bits per heavy atom. The fraction of sp³-hybridized carbons (Fsp3) is 0.261. The summed E-state index contributed by atoms with van der Waals surface area (Å²) in [6, 6.07) is 18.5. The number of anilines is 1. The number of nitrogen functional groups attached to an aromatic ring is 1. The van der Waals surface area contributed by atoms with Crippen molar-refractivity contribution in [3.05, 3.63) is 82.4 Å². The van der Waals surface area contributed by atoms with Gasteiger partial charge in [0.05, 0.1) is 5.69 Å². The summed E-state index contributed by atoms with van der Waals surface area (Å²) in [4.78, 5) is 8.28. The SMILES string of the molecule is Nc1nc2c(s1)CCN(C/C=C/c1ccc(OCc3ccccc3)cc1)CC2. The Balaban J connectivity index is 1.25. The Kier molecular flexibility index (Phi) is 6.04. The summed E-state index contributed by atoms with van der Waals surface area (Å²) in [6.07, 6.45) is 6.45. The van der Waals surface area contributed by atoms with Crippen LogP contribution in [0.15, 0.2) is 60.7 Å². The molecule has 1 aromatic heterocycles. The zero-order valence-corrected chi connectivity index (χ0v) is 16.7. The van der Waals surface area contributed by atoms with Crippen LogP contribution in [-0.2, 0) is 19.4 Å². The van der Waals surface area contributed by atoms with Crippen molar-refractivity contribution in [1.29, 1.82) is 0 Å². The standard InChI is InChI=1S/C23H25N3OS/c24-23-25-21-12-15-26(16-13-22(21)28-23)14-4-7-18-8-10-20(11-9-18)27-17-19-5-2-1-3-6-19/h1-11H,12-17H2,(H2,24,25)/b7-4+. The lowest BCUT2D eigenvalue weighted by molar-refractivity contribution is 0.306. The molecule has 0 amide bonds. The summed E-state index contributed by atoms with van der Waals surface area (Å²) >= 11 is 1.64. The van der Waals surface area contributed by atoms with Gasteiger partial charge in [-0.2, -0.15) is 0 Å². The molecule has 2 heterocycles. The maximum Gasteiger partial charge on any atom is 0.180 e. The summed E-state index contributed by atoms with van der Waals surface area (Å²) in [5.74, 6) is 0.895. The number of benzene rings is 2. The Bertz CT molecular complexity index is 893. The van der Waals surface area contributed by atoms with Crippen LogP contribution in [0, 0.1) is 0 Å². The molecule has 5 heteroatoms. The lowest BCUT2D eigenvalue weighted by Gasteiger charge is -2.17. The van der Waals surface area contributed by atoms with Gasteiger partial charge in [0, 0.05) is 30.9 Å². The average Bonchev–Trinajstić information content (AvgIpc) is 2.99. The fourth-order valence-electron chi connectivity index (χ4n) is 3.37. The first-order valence-electron chi connectivity index (χ1n) is 9.66. The van der Waals surface area contributed by atoms with Crippen LogP contribution in [0.2, 0.25) is 0 Å². The normalized spacial score (nSPS) is 14.7. The number of thiazole rings is 1. The monoisotopic (exact) mass is 391 g/mol. The van der Waals surface area contributed by atoms with E-state index in [9.17, 15) is 0 Å². The van der Waals surface area contributed by atoms with E-state index < -0.39 is 0 Å². The second kappa shape index (κ2) is 9.04. The minimum atomic E-state index is 0.594. The van der Waals surface area contributed by atoms with Gasteiger partial charge < -0.3 is 10.5 Å². The van der Waals surface area contributed by atoms with Crippen LogP contribution < -0.4 is 10.5 Å². The summed E-state index contributed by atoms with van der Waals surface area (Å²) in [6.45, 7) is 3.64. The van der Waals surface area contributed by atoms with Crippen LogP contribution in [0.25, 0.3) is 6.08 Å². The van der Waals surface area contributed by atoms with Gasteiger partial charge in [-0.15, -0.1) is 11.3 Å². The third-order valence-corrected chi connectivity index (χ3v) is 5.90. The molecular formula is C23H25N3OS. The van der Waals surface area contributed by atoms with Crippen molar-refractivity contribution in [2.75, 3.05) is 25.4 Å². The van der Waals surface area contributed by atoms with Crippen LogP contribution >= 0.6 is 11.3 Å². The van der Waals surface area contributed by atoms with Crippen molar-refractivity contribution >= 4 is 22.5 Å². The minimum absolute atomic E-state index is 0.594. The molecule has 0 atom stereocenters. The lowest BCUT2D eigenvalue weighted by atomic mass is 10.2. The highest BCUT2D eigenvalue weighted by Crippen LogP contribution is 2.24. The largest absolute Gasteiger partial charge is 0.489 e. The highest BCUT2D eigenvalue weighted by Gasteiger charge is 2.16. The molecule has 1 aliphatic heterocycles. The van der Waals surface area contributed by atoms with Gasteiger partial charge >= 0.3 is 0 Å². The van der Waals surface area contributed by atoms with E-state index in [1.807, 2.05) is 30.3 Å². The molecule has 1 aliphatic rings. The van der Waals surface area contributed by atoms with Gasteiger partial charge in [0.15, 0.2) is 5.13 Å². The van der Waals surface area contributed by atoms with Gasteiger partial charge in [0.1, 0.15) is 12.4 Å². The van der Waals surface area contributed by atoms with E-state index in [-0.39, 0.29) is 0 Å². The molecule has 0 aliphatic carbocycles. The zero-order chi connectivity index (χ0) is 19.2. The number of aromatic nitrogens is 1. The van der Waals surface area contributed by atoms with E-state index >= 15 is 0 Å². The van der Waals surface area contributed by atoms with Crippen molar-refractivity contribution in [1.82, 2.24) is 9.88 Å². The van der Waals surface area contributed by atoms with Crippen molar-refractivity contribution < 1.29 is 4.74 Å². The van der Waals surface area contributed by atoms with E-state index in [2.05, 4.69) is 46.3 Å². The predicted molar refractivity (Wildman–Crippen MR) is 117 cm³/mol. The van der Waals surface area contributed by atoms with Gasteiger partial charge in [-0.25, -0.2) is 4.98 Å². The number of ether oxygens (including phenoxy) is 1. The van der Waals surface area contributed by atoms with Gasteiger partial charge in [0.2, 0.25) is 0 Å². The molecule has 4 nitrogen and oxygen atoms in total. The molecule has 28 heavy (non-hydrogen) atoms. The van der Waals surface area contributed by atoms with Crippen molar-refractivity contribution in [3.63, 3.8) is 0 Å². The highest BCUT2D eigenvalue weighted by atomic mass is 32.1. The van der Waals surface area contributed by atoms with Crippen molar-refractivity contribution in [2.45, 2.75) is 19.4 Å². The maximum absolute atomic E-state index is 5.85. The van der Waals surface area contributed by atoms with Crippen molar-refractivity contribution in [2.24, 2.45) is 0 Å². The van der Waals surface area contributed by atoms with Crippen LogP contribution in [0.1, 0.15) is 21.7 Å². The van der Waals surface area contributed by atoms with Crippen LogP contribution in [-0.4, -0.2) is 29.5 Å². The number of hydrogen-bond acceptors (Lipinski definition) is 5. The molecule has 2 aromatic carbocycles. The summed E-state index contributed by atoms with van der Waals surface area (Å²) in [5, 5.41) is 0.703. The Morgan fingerprint density at radius 2 is 1.82 bits per heavy atom. The number of nitrogens with two attached hydrogens (primary N) is 1. The van der Waals surface area contributed by atoms with Gasteiger partial charge in [0.25, 0.3) is 0 Å². The third-order valence-electron chi connectivity index (χ3n) is 4.92. The molecule has 0 unspecified atom stereocenters. The Labute approximate surface area is 170 Å². The smallest absolute Gasteiger partial charge is 0.180 e. The molecule has 0 saturated heterocycles. The van der Waals surface area contributed by atoms with Crippen LogP contribution in [0.5, 0.6) is 5.75 Å². The molecule has 0 spiro atoms. The molecule has 0 fully saturated rings. The van der Waals surface area contributed by atoms with E-state index in [1.54, 1.807) is 11.3 Å². The molecule has 3 aromatic rings. The molecule has 0 bridgehead atoms. The van der Waals surface area contributed by atoms with Gasteiger partial charge in [-0.05, 0) is 29.7 Å². The van der Waals surface area contributed by atoms with E-state index in [0.29, 0.717) is 11.7 Å². The lowest BCUT2D eigenvalue weighted by Crippen LogP contribution is -2.26. The molecule has 0 radical (unpaired) electrons. The van der Waals surface area contributed by atoms with E-state index in [0.717, 1.165) is 38.2 Å². The second-order valence-corrected chi connectivity index (χ2v) is 8.08. The van der Waals surface area contributed by atoms with Crippen LogP contribution in [0.4, 0.5) is 5.13 Å². The van der Waals surface area contributed by atoms with Crippen LogP contribution in [0.3, 0.4) is 0 Å². The summed E-state index contributed by atoms with van der Waals surface area (Å²) in [5.41, 5.74) is 9.38. The highest BCUT2D eigenvalue weighted by molar-refractivity contribution is 7.15. The Hall–Kier alpha value is -2.63. The predicted octanol–water partition coefficient (Wildman–Crippen LogP) is 4.42. The van der Waals surface area contributed by atoms with E-state index in [1.165, 1.54) is 21.7 Å². The average molecular weight is 392 g/mol. The molecule has 4 rings (SSSR count). The van der Waals surface area contributed by atoms with Gasteiger partial charge in [-0.3, -0.25) is 4.90 Å². The minimum Gasteiger partial charge on any atom is -0.489 e. The fourth-order valence-corrected chi connectivity index (χ4v) is 4.23. The van der Waals surface area contributed by atoms with E-state index in [4.69, 9.17) is 10.5 Å². The van der Waals surface area contributed by atoms with Gasteiger partial charge in [-0.1, -0.05) is 54.6 Å². The molecule has 0 saturated carbocycles. The molecule has 2 N–H and O–H groups in total. The number of fused-ring (bicyclic) bond motifs is 1. The summed E-state index contributed by atoms with van der Waals surface area (Å²) < 4.78 is 5.85. The van der Waals surface area contributed by atoms with Crippen molar-refractivity contribution in [3.8, 4) is 5.75 Å². The number of rotatable bonds is 6. The first-order chi connectivity index (χ1) is 13.8. The number of nitrogens with zero attached hydrogens (tertiary/aromatic N) is 2.